The van der Waals surface area contributed by atoms with Gasteiger partial charge in [-0.05, 0) is 12.8 Å². The summed E-state index contributed by atoms with van der Waals surface area (Å²) < 4.78 is 27.6. The van der Waals surface area contributed by atoms with Crippen LogP contribution in [0.1, 0.15) is 39.0 Å². The van der Waals surface area contributed by atoms with Gasteiger partial charge in [-0.15, -0.1) is 12.4 Å². The Hall–Kier alpha value is 0.120. The minimum atomic E-state index is -3.35. The minimum absolute atomic E-state index is 0. The molecule has 0 saturated heterocycles. The summed E-state index contributed by atoms with van der Waals surface area (Å²) in [5, 5.41) is 0. The highest BCUT2D eigenvalue weighted by Crippen LogP contribution is 2.25. The summed E-state index contributed by atoms with van der Waals surface area (Å²) in [6.07, 6.45) is 5.21. The Morgan fingerprint density at radius 1 is 1.19 bits per heavy atom. The Bertz CT molecular complexity index is 289. The molecule has 1 aliphatic rings. The van der Waals surface area contributed by atoms with E-state index in [1.54, 1.807) is 6.92 Å². The molecular weight excluding hydrogens is 250 g/mol. The van der Waals surface area contributed by atoms with E-state index < -0.39 is 10.2 Å². The first-order chi connectivity index (χ1) is 6.97. The lowest BCUT2D eigenvalue weighted by Gasteiger charge is -2.33. The van der Waals surface area contributed by atoms with Gasteiger partial charge in [-0.3, -0.25) is 0 Å². The van der Waals surface area contributed by atoms with Gasteiger partial charge in [0.15, 0.2) is 0 Å². The average Bonchev–Trinajstić information content (AvgIpc) is 2.17. The number of nitrogens with two attached hydrogens (primary N) is 1. The number of halogens is 1. The van der Waals surface area contributed by atoms with Crippen molar-refractivity contribution in [2.45, 2.75) is 44.6 Å². The van der Waals surface area contributed by atoms with Gasteiger partial charge >= 0.3 is 0 Å². The first kappa shape index (κ1) is 16.1. The van der Waals surface area contributed by atoms with Crippen LogP contribution in [-0.4, -0.2) is 27.0 Å². The second-order valence-electron chi connectivity index (χ2n) is 4.25. The lowest BCUT2D eigenvalue weighted by atomic mass is 9.83. The average molecular weight is 272 g/mol. The predicted molar refractivity (Wildman–Crippen MR) is 67.9 cm³/mol. The molecule has 1 aliphatic carbocycles. The predicted octanol–water partition coefficient (Wildman–Crippen LogP) is 0.514. The summed E-state index contributed by atoms with van der Waals surface area (Å²) in [7, 11) is -3.35. The van der Waals surface area contributed by atoms with Crippen molar-refractivity contribution in [1.29, 1.82) is 0 Å². The molecule has 1 fully saturated rings. The maximum Gasteiger partial charge on any atom is 0.276 e. The first-order valence-electron chi connectivity index (χ1n) is 5.51. The van der Waals surface area contributed by atoms with Gasteiger partial charge in [0.1, 0.15) is 0 Å². The molecule has 0 aromatic carbocycles. The molecule has 0 bridgehead atoms. The lowest BCUT2D eigenvalue weighted by molar-refractivity contribution is 0.296. The van der Waals surface area contributed by atoms with Crippen molar-refractivity contribution >= 4 is 22.6 Å². The van der Waals surface area contributed by atoms with Gasteiger partial charge in [-0.1, -0.05) is 26.2 Å². The van der Waals surface area contributed by atoms with Crippen LogP contribution < -0.4 is 15.2 Å². The molecule has 0 spiro atoms. The number of nitrogens with one attached hydrogen (secondary N) is 2. The summed E-state index contributed by atoms with van der Waals surface area (Å²) in [6.45, 7) is 2.48. The molecule has 16 heavy (non-hydrogen) atoms. The zero-order valence-electron chi connectivity index (χ0n) is 9.66. The fraction of sp³-hybridized carbons (Fsp3) is 1.00. The molecule has 0 unspecified atom stereocenters. The highest BCUT2D eigenvalue weighted by molar-refractivity contribution is 7.87. The molecule has 0 atom stereocenters. The van der Waals surface area contributed by atoms with Crippen LogP contribution in [0.4, 0.5) is 0 Å². The zero-order chi connectivity index (χ0) is 11.4. The van der Waals surface area contributed by atoms with E-state index in [1.165, 1.54) is 6.42 Å². The van der Waals surface area contributed by atoms with Crippen molar-refractivity contribution in [3.63, 3.8) is 0 Å². The first-order valence-corrected chi connectivity index (χ1v) is 6.99. The summed E-state index contributed by atoms with van der Waals surface area (Å²) in [5.41, 5.74) is 5.76. The monoisotopic (exact) mass is 271 g/mol. The molecular formula is C9H22ClN3O2S. The van der Waals surface area contributed by atoms with Crippen LogP contribution in [0.5, 0.6) is 0 Å². The van der Waals surface area contributed by atoms with Crippen molar-refractivity contribution in [1.82, 2.24) is 9.44 Å². The van der Waals surface area contributed by atoms with Gasteiger partial charge in [0.05, 0.1) is 0 Å². The Morgan fingerprint density at radius 2 is 1.75 bits per heavy atom. The number of rotatable bonds is 5. The van der Waals surface area contributed by atoms with Gasteiger partial charge in [0, 0.05) is 18.6 Å². The number of hydrogen-bond donors (Lipinski definition) is 3. The molecule has 4 N–H and O–H groups in total. The van der Waals surface area contributed by atoms with E-state index in [0.717, 1.165) is 25.7 Å². The van der Waals surface area contributed by atoms with Crippen LogP contribution in [0.2, 0.25) is 0 Å². The molecule has 0 aromatic rings. The molecule has 1 rings (SSSR count). The highest BCUT2D eigenvalue weighted by atomic mass is 35.5. The van der Waals surface area contributed by atoms with E-state index in [0.29, 0.717) is 13.1 Å². The van der Waals surface area contributed by atoms with Crippen LogP contribution in [0, 0.1) is 0 Å². The van der Waals surface area contributed by atoms with E-state index in [-0.39, 0.29) is 17.9 Å². The summed E-state index contributed by atoms with van der Waals surface area (Å²) >= 11 is 0. The third kappa shape index (κ3) is 5.45. The third-order valence-corrected chi connectivity index (χ3v) is 3.99. The molecule has 0 amide bonds. The SMILES string of the molecule is CCNS(=O)(=O)NCC1(N)CCCCC1.Cl. The molecule has 5 nitrogen and oxygen atoms in total. The molecule has 98 valence electrons. The van der Waals surface area contributed by atoms with Crippen LogP contribution in [-0.2, 0) is 10.2 Å². The van der Waals surface area contributed by atoms with Gasteiger partial charge in [-0.25, -0.2) is 9.44 Å². The molecule has 1 saturated carbocycles. The van der Waals surface area contributed by atoms with Gasteiger partial charge in [0.2, 0.25) is 0 Å². The second-order valence-corrected chi connectivity index (χ2v) is 5.83. The topological polar surface area (TPSA) is 84.2 Å². The maximum absolute atomic E-state index is 11.3. The molecule has 7 heteroatoms. The third-order valence-electron chi connectivity index (χ3n) is 2.80. The van der Waals surface area contributed by atoms with Crippen molar-refractivity contribution in [2.24, 2.45) is 5.73 Å². The van der Waals surface area contributed by atoms with Crippen molar-refractivity contribution < 1.29 is 8.42 Å². The second kappa shape index (κ2) is 6.76. The normalized spacial score (nSPS) is 20.1. The molecule has 0 aliphatic heterocycles. The van der Waals surface area contributed by atoms with Crippen molar-refractivity contribution in [2.75, 3.05) is 13.1 Å². The van der Waals surface area contributed by atoms with Crippen LogP contribution in [0.3, 0.4) is 0 Å². The molecule has 0 radical (unpaired) electrons. The standard InChI is InChI=1S/C9H21N3O2S.ClH/c1-2-11-15(13,14)12-8-9(10)6-4-3-5-7-9;/h11-12H,2-8,10H2,1H3;1H. The van der Waals surface area contributed by atoms with E-state index in [4.69, 9.17) is 5.73 Å². The fourth-order valence-corrected chi connectivity index (χ4v) is 2.87. The summed E-state index contributed by atoms with van der Waals surface area (Å²) in [6, 6.07) is 0. The smallest absolute Gasteiger partial charge is 0.276 e. The molecule has 0 heterocycles. The molecule has 0 aromatic heterocycles. The van der Waals surface area contributed by atoms with E-state index in [9.17, 15) is 8.42 Å². The van der Waals surface area contributed by atoms with E-state index >= 15 is 0 Å². The summed E-state index contributed by atoms with van der Waals surface area (Å²) in [4.78, 5) is 0. The van der Waals surface area contributed by atoms with Gasteiger partial charge in [0.25, 0.3) is 10.2 Å². The Morgan fingerprint density at radius 3 is 2.25 bits per heavy atom. The van der Waals surface area contributed by atoms with Crippen molar-refractivity contribution in [3.8, 4) is 0 Å². The van der Waals surface area contributed by atoms with Gasteiger partial charge < -0.3 is 5.73 Å². The van der Waals surface area contributed by atoms with Gasteiger partial charge in [-0.2, -0.15) is 8.42 Å². The fourth-order valence-electron chi connectivity index (χ4n) is 1.91. The lowest BCUT2D eigenvalue weighted by Crippen LogP contribution is -2.53. The number of hydrogen-bond acceptors (Lipinski definition) is 3. The van der Waals surface area contributed by atoms with E-state index in [1.807, 2.05) is 0 Å². The Labute approximate surface area is 104 Å². The Balaban J connectivity index is 0.00000225. The quantitative estimate of drug-likeness (QED) is 0.681. The zero-order valence-corrected chi connectivity index (χ0v) is 11.3. The van der Waals surface area contributed by atoms with E-state index in [2.05, 4.69) is 9.44 Å². The largest absolute Gasteiger partial charge is 0.324 e. The summed E-state index contributed by atoms with van der Waals surface area (Å²) in [5.74, 6) is 0. The Kier molecular flexibility index (Phi) is 6.81. The van der Waals surface area contributed by atoms with Crippen LogP contribution >= 0.6 is 12.4 Å². The minimum Gasteiger partial charge on any atom is -0.324 e. The maximum atomic E-state index is 11.3. The van der Waals surface area contributed by atoms with Crippen molar-refractivity contribution in [3.05, 3.63) is 0 Å². The van der Waals surface area contributed by atoms with Crippen LogP contribution in [0.15, 0.2) is 0 Å². The van der Waals surface area contributed by atoms with Crippen LogP contribution in [0.25, 0.3) is 0 Å². The highest BCUT2D eigenvalue weighted by Gasteiger charge is 2.28.